The van der Waals surface area contributed by atoms with E-state index >= 15 is 0 Å². The lowest BCUT2D eigenvalue weighted by Crippen LogP contribution is -1.95. The Balaban J connectivity index is 2.69. The summed E-state index contributed by atoms with van der Waals surface area (Å²) in [5.74, 6) is 0.317. The van der Waals surface area contributed by atoms with Gasteiger partial charge in [-0.15, -0.1) is 0 Å². The Morgan fingerprint density at radius 1 is 1.30 bits per heavy atom. The number of nitrogens with one attached hydrogen (secondary N) is 1. The van der Waals surface area contributed by atoms with Crippen molar-refractivity contribution in [2.45, 2.75) is 6.54 Å². The van der Waals surface area contributed by atoms with Gasteiger partial charge in [0.05, 0.1) is 0 Å². The van der Waals surface area contributed by atoms with Crippen LogP contribution in [0.2, 0.25) is 0 Å². The molecule has 0 bridgehead atoms. The lowest BCUT2D eigenvalue weighted by molar-refractivity contribution is 0.475. The van der Waals surface area contributed by atoms with Crippen LogP contribution in [0, 0.1) is 0 Å². The van der Waals surface area contributed by atoms with Crippen molar-refractivity contribution in [3.05, 3.63) is 29.8 Å². The molecule has 0 atom stereocenters. The highest BCUT2D eigenvalue weighted by atomic mass is 127. The molecule has 1 aromatic carbocycles. The van der Waals surface area contributed by atoms with E-state index in [2.05, 4.69) is 26.4 Å². The zero-order valence-electron chi connectivity index (χ0n) is 5.34. The first-order valence-corrected chi connectivity index (χ1v) is 4.02. The van der Waals surface area contributed by atoms with E-state index < -0.39 is 0 Å². The van der Waals surface area contributed by atoms with Gasteiger partial charge >= 0.3 is 0 Å². The molecule has 54 valence electrons. The van der Waals surface area contributed by atoms with Gasteiger partial charge in [-0.3, -0.25) is 3.53 Å². The van der Waals surface area contributed by atoms with Gasteiger partial charge in [0.1, 0.15) is 5.75 Å². The lowest BCUT2D eigenvalue weighted by atomic mass is 10.2. The van der Waals surface area contributed by atoms with E-state index in [0.29, 0.717) is 5.75 Å². The van der Waals surface area contributed by atoms with E-state index in [1.807, 2.05) is 12.1 Å². The maximum absolute atomic E-state index is 8.90. The summed E-state index contributed by atoms with van der Waals surface area (Å²) in [6.45, 7) is 0.834. The van der Waals surface area contributed by atoms with E-state index in [1.54, 1.807) is 12.1 Å². The van der Waals surface area contributed by atoms with Crippen LogP contribution in [-0.2, 0) is 6.54 Å². The number of halogens is 1. The topological polar surface area (TPSA) is 32.3 Å². The molecule has 0 aromatic heterocycles. The van der Waals surface area contributed by atoms with Crippen LogP contribution in [0.5, 0.6) is 5.75 Å². The second-order valence-corrected chi connectivity index (χ2v) is 2.74. The van der Waals surface area contributed by atoms with Crippen LogP contribution >= 0.6 is 22.9 Å². The molecule has 0 saturated carbocycles. The van der Waals surface area contributed by atoms with Crippen molar-refractivity contribution in [2.75, 3.05) is 0 Å². The predicted octanol–water partition coefficient (Wildman–Crippen LogP) is 1.83. The summed E-state index contributed by atoms with van der Waals surface area (Å²) < 4.78 is 2.99. The van der Waals surface area contributed by atoms with Crippen LogP contribution < -0.4 is 3.53 Å². The smallest absolute Gasteiger partial charge is 0.115 e. The molecule has 2 N–H and O–H groups in total. The Bertz CT molecular complexity index is 197. The summed E-state index contributed by atoms with van der Waals surface area (Å²) >= 11 is 2.09. The van der Waals surface area contributed by atoms with Crippen molar-refractivity contribution >= 4 is 22.9 Å². The second-order valence-electron chi connectivity index (χ2n) is 1.98. The molecule has 0 fully saturated rings. The highest BCUT2D eigenvalue weighted by Crippen LogP contribution is 2.09. The Morgan fingerprint density at radius 2 is 1.90 bits per heavy atom. The molecule has 0 aliphatic heterocycles. The summed E-state index contributed by atoms with van der Waals surface area (Å²) in [5.41, 5.74) is 1.17. The third-order valence-electron chi connectivity index (χ3n) is 1.21. The molecule has 0 spiro atoms. The molecule has 2 nitrogen and oxygen atoms in total. The number of aromatic hydroxyl groups is 1. The Labute approximate surface area is 73.8 Å². The quantitative estimate of drug-likeness (QED) is 0.619. The van der Waals surface area contributed by atoms with Gasteiger partial charge < -0.3 is 5.11 Å². The fourth-order valence-electron chi connectivity index (χ4n) is 0.691. The highest BCUT2D eigenvalue weighted by Gasteiger charge is 1.89. The van der Waals surface area contributed by atoms with Crippen molar-refractivity contribution < 1.29 is 5.11 Å². The number of hydrogen-bond donors (Lipinski definition) is 2. The van der Waals surface area contributed by atoms with Crippen LogP contribution in [0.25, 0.3) is 0 Å². The Morgan fingerprint density at radius 3 is 2.40 bits per heavy atom. The van der Waals surface area contributed by atoms with Crippen molar-refractivity contribution in [1.82, 2.24) is 3.53 Å². The van der Waals surface area contributed by atoms with Crippen LogP contribution in [0.4, 0.5) is 0 Å². The van der Waals surface area contributed by atoms with Crippen molar-refractivity contribution in [2.24, 2.45) is 0 Å². The molecule has 0 aliphatic carbocycles. The monoisotopic (exact) mass is 249 g/mol. The van der Waals surface area contributed by atoms with Crippen LogP contribution in [0.15, 0.2) is 24.3 Å². The van der Waals surface area contributed by atoms with Crippen molar-refractivity contribution in [1.29, 1.82) is 0 Å². The van der Waals surface area contributed by atoms with Crippen LogP contribution in [0.1, 0.15) is 5.56 Å². The number of phenolic OH excluding ortho intramolecular Hbond substituents is 1. The fraction of sp³-hybridized carbons (Fsp3) is 0.143. The minimum atomic E-state index is 0.317. The fourth-order valence-corrected chi connectivity index (χ4v) is 1.13. The van der Waals surface area contributed by atoms with Crippen molar-refractivity contribution in [3.8, 4) is 5.75 Å². The molecule has 0 saturated heterocycles. The van der Waals surface area contributed by atoms with Gasteiger partial charge in [0.2, 0.25) is 0 Å². The molecule has 0 amide bonds. The zero-order chi connectivity index (χ0) is 7.40. The van der Waals surface area contributed by atoms with Crippen LogP contribution in [-0.4, -0.2) is 5.11 Å². The van der Waals surface area contributed by atoms with Gasteiger partial charge in [-0.25, -0.2) is 0 Å². The maximum Gasteiger partial charge on any atom is 0.115 e. The second kappa shape index (κ2) is 3.78. The largest absolute Gasteiger partial charge is 0.508 e. The summed E-state index contributed by atoms with van der Waals surface area (Å²) in [5, 5.41) is 8.90. The molecule has 0 unspecified atom stereocenters. The average molecular weight is 249 g/mol. The molecule has 0 aliphatic rings. The number of hydrogen-bond acceptors (Lipinski definition) is 2. The minimum Gasteiger partial charge on any atom is -0.508 e. The van der Waals surface area contributed by atoms with Crippen LogP contribution in [0.3, 0.4) is 0 Å². The van der Waals surface area contributed by atoms with Gasteiger partial charge in [0, 0.05) is 29.4 Å². The third-order valence-corrected chi connectivity index (χ3v) is 1.59. The molecule has 3 heteroatoms. The number of phenols is 1. The summed E-state index contributed by atoms with van der Waals surface area (Å²) in [4.78, 5) is 0. The molecular weight excluding hydrogens is 241 g/mol. The van der Waals surface area contributed by atoms with E-state index in [-0.39, 0.29) is 0 Å². The summed E-state index contributed by atoms with van der Waals surface area (Å²) in [7, 11) is 0. The first kappa shape index (κ1) is 7.81. The summed E-state index contributed by atoms with van der Waals surface area (Å²) in [6.07, 6.45) is 0. The lowest BCUT2D eigenvalue weighted by Gasteiger charge is -1.97. The number of rotatable bonds is 2. The van der Waals surface area contributed by atoms with Gasteiger partial charge in [-0.2, -0.15) is 0 Å². The normalized spacial score (nSPS) is 9.70. The zero-order valence-corrected chi connectivity index (χ0v) is 7.50. The molecule has 1 aromatic rings. The molecular formula is C7H8INO. The molecule has 10 heavy (non-hydrogen) atoms. The Hall–Kier alpha value is -0.290. The molecule has 0 radical (unpaired) electrons. The average Bonchev–Trinajstić information content (AvgIpc) is 1.95. The number of benzene rings is 1. The van der Waals surface area contributed by atoms with Gasteiger partial charge in [-0.05, 0) is 17.7 Å². The first-order valence-electron chi connectivity index (χ1n) is 2.94. The van der Waals surface area contributed by atoms with Gasteiger partial charge in [0.25, 0.3) is 0 Å². The van der Waals surface area contributed by atoms with Gasteiger partial charge in [-0.1, -0.05) is 12.1 Å². The SMILES string of the molecule is Oc1ccc(CNI)cc1. The van der Waals surface area contributed by atoms with Crippen molar-refractivity contribution in [3.63, 3.8) is 0 Å². The summed E-state index contributed by atoms with van der Waals surface area (Å²) in [6, 6.07) is 7.15. The molecule has 0 heterocycles. The van der Waals surface area contributed by atoms with E-state index in [9.17, 15) is 0 Å². The molecule has 1 rings (SSSR count). The standard InChI is InChI=1S/C7H8INO/c8-9-5-6-1-3-7(10)4-2-6/h1-4,9-10H,5H2. The Kier molecular flexibility index (Phi) is 2.95. The third kappa shape index (κ3) is 2.15. The highest BCUT2D eigenvalue weighted by molar-refractivity contribution is 14.1. The van der Waals surface area contributed by atoms with E-state index in [1.165, 1.54) is 5.56 Å². The van der Waals surface area contributed by atoms with Gasteiger partial charge in [0.15, 0.2) is 0 Å². The predicted molar refractivity (Wildman–Crippen MR) is 49.0 cm³/mol. The minimum absolute atomic E-state index is 0.317. The van der Waals surface area contributed by atoms with E-state index in [0.717, 1.165) is 6.54 Å². The maximum atomic E-state index is 8.90. The van der Waals surface area contributed by atoms with E-state index in [4.69, 9.17) is 5.11 Å². The first-order chi connectivity index (χ1) is 4.83.